The minimum atomic E-state index is -3.63. The lowest BCUT2D eigenvalue weighted by molar-refractivity contribution is 0.600. The molecular formula is C14H21IN4O2S3. The number of primary sulfonamides is 1. The zero-order valence-corrected chi connectivity index (χ0v) is 18.1. The van der Waals surface area contributed by atoms with Gasteiger partial charge in [-0.25, -0.2) is 13.6 Å². The van der Waals surface area contributed by atoms with E-state index < -0.39 is 10.0 Å². The molecule has 0 radical (unpaired) electrons. The highest BCUT2D eigenvalue weighted by molar-refractivity contribution is 14.0. The summed E-state index contributed by atoms with van der Waals surface area (Å²) in [6.45, 7) is 3.42. The summed E-state index contributed by atoms with van der Waals surface area (Å²) in [7, 11) is -1.92. The number of hydrogen-bond donors (Lipinski definition) is 3. The van der Waals surface area contributed by atoms with Crippen molar-refractivity contribution in [2.45, 2.75) is 23.6 Å². The number of nitrogens with two attached hydrogens (primary N) is 1. The molecule has 10 heteroatoms. The van der Waals surface area contributed by atoms with Gasteiger partial charge in [-0.15, -0.1) is 46.7 Å². The molecule has 2 heterocycles. The van der Waals surface area contributed by atoms with Crippen molar-refractivity contribution in [3.05, 3.63) is 39.4 Å². The van der Waals surface area contributed by atoms with Gasteiger partial charge < -0.3 is 10.6 Å². The van der Waals surface area contributed by atoms with Crippen molar-refractivity contribution in [3.63, 3.8) is 0 Å². The molecule has 1 atom stereocenters. The third-order valence-corrected chi connectivity index (χ3v) is 6.80. The number of nitrogens with zero attached hydrogens (tertiary/aromatic N) is 1. The van der Waals surface area contributed by atoms with E-state index in [4.69, 9.17) is 5.14 Å². The quantitative estimate of drug-likeness (QED) is 0.323. The van der Waals surface area contributed by atoms with Crippen LogP contribution in [0, 0.1) is 0 Å². The van der Waals surface area contributed by atoms with Gasteiger partial charge in [-0.2, -0.15) is 0 Å². The zero-order valence-electron chi connectivity index (χ0n) is 13.4. The Kier molecular flexibility index (Phi) is 8.63. The van der Waals surface area contributed by atoms with Crippen molar-refractivity contribution >= 4 is 62.6 Å². The molecule has 2 rings (SSSR count). The van der Waals surface area contributed by atoms with Crippen molar-refractivity contribution in [2.75, 3.05) is 13.6 Å². The van der Waals surface area contributed by atoms with Crippen LogP contribution in [0.5, 0.6) is 0 Å². The Hall–Kier alpha value is -0.690. The minimum absolute atomic E-state index is 0. The maximum Gasteiger partial charge on any atom is 0.247 e. The number of guanidine groups is 1. The normalized spacial score (nSPS) is 13.2. The molecular weight excluding hydrogens is 479 g/mol. The first-order chi connectivity index (χ1) is 10.9. The van der Waals surface area contributed by atoms with Crippen molar-refractivity contribution in [2.24, 2.45) is 10.1 Å². The average molecular weight is 500 g/mol. The second-order valence-electron chi connectivity index (χ2n) is 4.99. The number of nitrogens with one attached hydrogen (secondary N) is 2. The van der Waals surface area contributed by atoms with E-state index in [9.17, 15) is 8.42 Å². The lowest BCUT2D eigenvalue weighted by Crippen LogP contribution is -2.38. The Morgan fingerprint density at radius 2 is 2.08 bits per heavy atom. The van der Waals surface area contributed by atoms with Gasteiger partial charge in [0.05, 0.1) is 6.54 Å². The fraction of sp³-hybridized carbons (Fsp3) is 0.357. The average Bonchev–Trinajstić information content (AvgIpc) is 3.18. The van der Waals surface area contributed by atoms with Gasteiger partial charge in [-0.05, 0) is 23.6 Å². The maximum atomic E-state index is 11.3. The molecule has 0 spiro atoms. The highest BCUT2D eigenvalue weighted by atomic mass is 127. The summed E-state index contributed by atoms with van der Waals surface area (Å²) in [4.78, 5) is 6.37. The summed E-state index contributed by atoms with van der Waals surface area (Å²) >= 11 is 2.90. The third-order valence-electron chi connectivity index (χ3n) is 3.18. The molecule has 0 amide bonds. The Balaban J connectivity index is 0.00000288. The molecule has 1 unspecified atom stereocenters. The number of thiophene rings is 2. The van der Waals surface area contributed by atoms with Gasteiger partial charge in [0.15, 0.2) is 5.96 Å². The molecule has 134 valence electrons. The zero-order chi connectivity index (χ0) is 16.9. The molecule has 0 saturated carbocycles. The van der Waals surface area contributed by atoms with Crippen molar-refractivity contribution < 1.29 is 8.42 Å². The standard InChI is InChI=1S/C14H20N4O2S3.HI/c1-10(12-4-3-7-21-12)8-17-14(16-2)18-9-11-5-6-13(22-11)23(15,19)20;/h3-7,10H,8-9H2,1-2H3,(H2,15,19,20)(H2,16,17,18);1H. The number of aliphatic imine (C=N–C) groups is 1. The van der Waals surface area contributed by atoms with Gasteiger partial charge in [0.2, 0.25) is 10.0 Å². The third kappa shape index (κ3) is 6.31. The lowest BCUT2D eigenvalue weighted by Gasteiger charge is -2.14. The minimum Gasteiger partial charge on any atom is -0.356 e. The molecule has 0 saturated heterocycles. The molecule has 0 aliphatic carbocycles. The second-order valence-corrected chi connectivity index (χ2v) is 8.92. The summed E-state index contributed by atoms with van der Waals surface area (Å²) in [6, 6.07) is 7.43. The monoisotopic (exact) mass is 500 g/mol. The van der Waals surface area contributed by atoms with E-state index in [1.54, 1.807) is 24.5 Å². The Bertz CT molecular complexity index is 757. The van der Waals surface area contributed by atoms with Gasteiger partial charge in [-0.1, -0.05) is 13.0 Å². The first kappa shape index (κ1) is 21.4. The van der Waals surface area contributed by atoms with Gasteiger partial charge >= 0.3 is 0 Å². The smallest absolute Gasteiger partial charge is 0.247 e. The van der Waals surface area contributed by atoms with E-state index in [0.717, 1.165) is 22.8 Å². The van der Waals surface area contributed by atoms with E-state index in [0.29, 0.717) is 18.4 Å². The van der Waals surface area contributed by atoms with Gasteiger partial charge in [0.25, 0.3) is 0 Å². The van der Waals surface area contributed by atoms with Crippen LogP contribution in [0.3, 0.4) is 0 Å². The molecule has 24 heavy (non-hydrogen) atoms. The summed E-state index contributed by atoms with van der Waals surface area (Å²) in [5.41, 5.74) is 0. The van der Waals surface area contributed by atoms with E-state index in [1.165, 1.54) is 10.9 Å². The fourth-order valence-electron chi connectivity index (χ4n) is 1.92. The van der Waals surface area contributed by atoms with Crippen molar-refractivity contribution in [1.29, 1.82) is 0 Å². The first-order valence-electron chi connectivity index (χ1n) is 6.99. The lowest BCUT2D eigenvalue weighted by atomic mass is 10.1. The van der Waals surface area contributed by atoms with Gasteiger partial charge in [0.1, 0.15) is 4.21 Å². The predicted octanol–water partition coefficient (Wildman–Crippen LogP) is 2.54. The van der Waals surface area contributed by atoms with Crippen LogP contribution in [0.4, 0.5) is 0 Å². The SMILES string of the molecule is CN=C(NCc1ccc(S(N)(=O)=O)s1)NCC(C)c1cccs1.I. The van der Waals surface area contributed by atoms with Gasteiger partial charge in [0, 0.05) is 29.3 Å². The summed E-state index contributed by atoms with van der Waals surface area (Å²) in [6.07, 6.45) is 0. The molecule has 6 nitrogen and oxygen atoms in total. The van der Waals surface area contributed by atoms with Crippen molar-refractivity contribution in [3.8, 4) is 0 Å². The van der Waals surface area contributed by atoms with Gasteiger partial charge in [-0.3, -0.25) is 4.99 Å². The largest absolute Gasteiger partial charge is 0.356 e. The number of hydrogen-bond acceptors (Lipinski definition) is 5. The Morgan fingerprint density at radius 1 is 1.33 bits per heavy atom. The predicted molar refractivity (Wildman–Crippen MR) is 112 cm³/mol. The van der Waals surface area contributed by atoms with Crippen LogP contribution in [-0.4, -0.2) is 28.0 Å². The highest BCUT2D eigenvalue weighted by Gasteiger charge is 2.12. The molecule has 2 aromatic heterocycles. The van der Waals surface area contributed by atoms with Crippen LogP contribution in [0.2, 0.25) is 0 Å². The molecule has 4 N–H and O–H groups in total. The summed E-state index contributed by atoms with van der Waals surface area (Å²) < 4.78 is 22.7. The van der Waals surface area contributed by atoms with E-state index in [-0.39, 0.29) is 28.2 Å². The number of sulfonamides is 1. The fourth-order valence-corrected chi connectivity index (χ4v) is 4.43. The molecule has 0 bridgehead atoms. The topological polar surface area (TPSA) is 96.6 Å². The van der Waals surface area contributed by atoms with Crippen LogP contribution >= 0.6 is 46.7 Å². The highest BCUT2D eigenvalue weighted by Crippen LogP contribution is 2.20. The number of rotatable bonds is 6. The molecule has 0 aliphatic heterocycles. The number of halogens is 1. The van der Waals surface area contributed by atoms with Crippen LogP contribution in [0.15, 0.2) is 38.8 Å². The second kappa shape index (κ2) is 9.70. The van der Waals surface area contributed by atoms with E-state index in [2.05, 4.69) is 34.0 Å². The Morgan fingerprint density at radius 3 is 2.62 bits per heavy atom. The van der Waals surface area contributed by atoms with Crippen molar-refractivity contribution in [1.82, 2.24) is 10.6 Å². The maximum absolute atomic E-state index is 11.3. The molecule has 0 aromatic carbocycles. The van der Waals surface area contributed by atoms with E-state index in [1.807, 2.05) is 6.07 Å². The van der Waals surface area contributed by atoms with E-state index >= 15 is 0 Å². The summed E-state index contributed by atoms with van der Waals surface area (Å²) in [5, 5.41) is 13.6. The first-order valence-corrected chi connectivity index (χ1v) is 10.2. The van der Waals surface area contributed by atoms with Crippen LogP contribution < -0.4 is 15.8 Å². The molecule has 2 aromatic rings. The van der Waals surface area contributed by atoms with Crippen LogP contribution in [0.1, 0.15) is 22.6 Å². The van der Waals surface area contributed by atoms with Crippen LogP contribution in [0.25, 0.3) is 0 Å². The molecule has 0 aliphatic rings. The van der Waals surface area contributed by atoms with Crippen LogP contribution in [-0.2, 0) is 16.6 Å². The summed E-state index contributed by atoms with van der Waals surface area (Å²) in [5.74, 6) is 1.07. The Labute approximate surface area is 167 Å². The molecule has 0 fully saturated rings.